The van der Waals surface area contributed by atoms with Gasteiger partial charge in [-0.15, -0.1) is 0 Å². The van der Waals surface area contributed by atoms with E-state index >= 15 is 0 Å². The van der Waals surface area contributed by atoms with Crippen molar-refractivity contribution in [2.75, 3.05) is 13.2 Å². The second kappa shape index (κ2) is 6.60. The molecule has 22 heavy (non-hydrogen) atoms. The van der Waals surface area contributed by atoms with Gasteiger partial charge in [0.25, 0.3) is 0 Å². The maximum Gasteiger partial charge on any atom is 0.343 e. The summed E-state index contributed by atoms with van der Waals surface area (Å²) in [6.07, 6.45) is -0.00644. The van der Waals surface area contributed by atoms with E-state index in [4.69, 9.17) is 9.47 Å². The van der Waals surface area contributed by atoms with Crippen LogP contribution in [0.3, 0.4) is 0 Å². The molecule has 0 spiro atoms. The van der Waals surface area contributed by atoms with E-state index in [-0.39, 0.29) is 25.5 Å². The summed E-state index contributed by atoms with van der Waals surface area (Å²) in [4.78, 5) is 36.8. The number of amides is 1. The number of carbonyl (C=O) groups excluding carboxylic acids is 3. The molecule has 1 aromatic rings. The topological polar surface area (TPSA) is 81.7 Å². The van der Waals surface area contributed by atoms with Gasteiger partial charge in [-0.2, -0.15) is 0 Å². The number of nitrogens with one attached hydrogen (secondary N) is 1. The van der Waals surface area contributed by atoms with E-state index < -0.39 is 23.4 Å². The van der Waals surface area contributed by atoms with Gasteiger partial charge in [0.2, 0.25) is 11.4 Å². The van der Waals surface area contributed by atoms with Gasteiger partial charge in [-0.1, -0.05) is 30.3 Å². The summed E-state index contributed by atoms with van der Waals surface area (Å²) in [6.45, 7) is 3.52. The van der Waals surface area contributed by atoms with Crippen molar-refractivity contribution < 1.29 is 23.9 Å². The van der Waals surface area contributed by atoms with Crippen molar-refractivity contribution >= 4 is 17.8 Å². The van der Waals surface area contributed by atoms with Crippen LogP contribution in [0.2, 0.25) is 0 Å². The first-order valence-electron chi connectivity index (χ1n) is 7.26. The van der Waals surface area contributed by atoms with E-state index in [1.54, 1.807) is 38.1 Å². The van der Waals surface area contributed by atoms with E-state index in [0.717, 1.165) is 5.56 Å². The summed E-state index contributed by atoms with van der Waals surface area (Å²) in [6, 6.07) is 9.02. The van der Waals surface area contributed by atoms with Gasteiger partial charge < -0.3 is 14.8 Å². The van der Waals surface area contributed by atoms with Crippen LogP contribution in [0.5, 0.6) is 0 Å². The first-order chi connectivity index (χ1) is 10.5. The van der Waals surface area contributed by atoms with Crippen molar-refractivity contribution in [2.24, 2.45) is 0 Å². The molecule has 1 atom stereocenters. The lowest BCUT2D eigenvalue weighted by molar-refractivity contribution is -0.166. The number of rotatable bonds is 5. The monoisotopic (exact) mass is 305 g/mol. The lowest BCUT2D eigenvalue weighted by Gasteiger charge is -2.24. The fourth-order valence-corrected chi connectivity index (χ4v) is 2.56. The molecule has 0 saturated carbocycles. The fraction of sp³-hybridized carbons (Fsp3) is 0.438. The average molecular weight is 305 g/mol. The van der Waals surface area contributed by atoms with E-state index in [2.05, 4.69) is 5.32 Å². The molecule has 1 amide bonds. The zero-order valence-corrected chi connectivity index (χ0v) is 12.6. The Hall–Kier alpha value is -2.37. The van der Waals surface area contributed by atoms with Crippen molar-refractivity contribution in [3.63, 3.8) is 0 Å². The maximum atomic E-state index is 12.3. The van der Waals surface area contributed by atoms with Gasteiger partial charge in [0.1, 0.15) is 0 Å². The minimum atomic E-state index is -1.76. The van der Waals surface area contributed by atoms with Gasteiger partial charge in [0.15, 0.2) is 0 Å². The highest BCUT2D eigenvalue weighted by atomic mass is 16.6. The van der Waals surface area contributed by atoms with Crippen molar-refractivity contribution in [3.05, 3.63) is 35.9 Å². The Morgan fingerprint density at radius 3 is 2.18 bits per heavy atom. The van der Waals surface area contributed by atoms with Gasteiger partial charge in [0, 0.05) is 6.42 Å². The number of carbonyl (C=O) groups is 3. The third-order valence-corrected chi connectivity index (χ3v) is 3.61. The summed E-state index contributed by atoms with van der Waals surface area (Å²) in [5.74, 6) is -2.53. The molecular formula is C16H19NO5. The first-order valence-corrected chi connectivity index (χ1v) is 7.26. The Balaban J connectivity index is 2.34. The first kappa shape index (κ1) is 16.0. The summed E-state index contributed by atoms with van der Waals surface area (Å²) in [5.41, 5.74) is -1.01. The van der Waals surface area contributed by atoms with Crippen molar-refractivity contribution in [3.8, 4) is 0 Å². The van der Waals surface area contributed by atoms with E-state index in [9.17, 15) is 14.4 Å². The number of esters is 2. The molecule has 0 radical (unpaired) electrons. The Labute approximate surface area is 128 Å². The normalized spacial score (nSPS) is 19.4. The van der Waals surface area contributed by atoms with E-state index in [0.29, 0.717) is 0 Å². The molecule has 0 aromatic heterocycles. The van der Waals surface area contributed by atoms with Gasteiger partial charge in [-0.25, -0.2) is 9.59 Å². The van der Waals surface area contributed by atoms with Crippen LogP contribution < -0.4 is 5.32 Å². The second-order valence-electron chi connectivity index (χ2n) is 5.00. The minimum Gasteiger partial charge on any atom is -0.464 e. The molecule has 1 aliphatic rings. The molecule has 6 nitrogen and oxygen atoms in total. The van der Waals surface area contributed by atoms with Crippen LogP contribution in [-0.2, 0) is 23.9 Å². The third-order valence-electron chi connectivity index (χ3n) is 3.61. The predicted octanol–water partition coefficient (Wildman–Crippen LogP) is 1.16. The van der Waals surface area contributed by atoms with Crippen molar-refractivity contribution in [2.45, 2.75) is 31.7 Å². The van der Waals surface area contributed by atoms with E-state index in [1.807, 2.05) is 6.07 Å². The molecule has 118 valence electrons. The average Bonchev–Trinajstić information content (AvgIpc) is 2.88. The molecule has 1 unspecified atom stereocenters. The molecule has 1 fully saturated rings. The predicted molar refractivity (Wildman–Crippen MR) is 77.9 cm³/mol. The summed E-state index contributed by atoms with van der Waals surface area (Å²) in [7, 11) is 0. The number of hydrogen-bond donors (Lipinski definition) is 1. The molecule has 0 bridgehead atoms. The molecule has 1 saturated heterocycles. The summed E-state index contributed by atoms with van der Waals surface area (Å²) >= 11 is 0. The largest absolute Gasteiger partial charge is 0.464 e. The van der Waals surface area contributed by atoms with Crippen molar-refractivity contribution in [1.82, 2.24) is 5.32 Å². The fourth-order valence-electron chi connectivity index (χ4n) is 2.56. The zero-order valence-electron chi connectivity index (χ0n) is 12.6. The van der Waals surface area contributed by atoms with Gasteiger partial charge in [-0.3, -0.25) is 4.79 Å². The van der Waals surface area contributed by atoms with E-state index in [1.165, 1.54) is 0 Å². The standard InChI is InChI=1S/C16H19NO5/c1-3-21-14(19)16(15(20)22-4-2)10-12(13(18)17-16)11-8-6-5-7-9-11/h5-9,12H,3-4,10H2,1-2H3,(H,17,18). The molecule has 6 heteroatoms. The molecule has 1 heterocycles. The molecule has 1 aromatic carbocycles. The van der Waals surface area contributed by atoms with Gasteiger partial charge in [-0.05, 0) is 19.4 Å². The Kier molecular flexibility index (Phi) is 4.80. The van der Waals surface area contributed by atoms with Crippen LogP contribution in [0.4, 0.5) is 0 Å². The molecule has 0 aliphatic carbocycles. The van der Waals surface area contributed by atoms with Gasteiger partial charge in [0.05, 0.1) is 19.1 Å². The Morgan fingerprint density at radius 2 is 1.68 bits per heavy atom. The van der Waals surface area contributed by atoms with Crippen LogP contribution in [0, 0.1) is 0 Å². The zero-order chi connectivity index (χ0) is 16.2. The summed E-state index contributed by atoms with van der Waals surface area (Å²) in [5, 5.41) is 2.50. The van der Waals surface area contributed by atoms with Gasteiger partial charge >= 0.3 is 11.9 Å². The second-order valence-corrected chi connectivity index (χ2v) is 5.00. The number of ether oxygens (including phenoxy) is 2. The van der Waals surface area contributed by atoms with Crippen LogP contribution in [0.15, 0.2) is 30.3 Å². The smallest absolute Gasteiger partial charge is 0.343 e. The highest BCUT2D eigenvalue weighted by molar-refractivity contribution is 6.11. The SMILES string of the molecule is CCOC(=O)C1(C(=O)OCC)CC(c2ccccc2)C(=O)N1. The lowest BCUT2D eigenvalue weighted by atomic mass is 9.88. The highest BCUT2D eigenvalue weighted by Gasteiger charge is 2.57. The molecule has 1 N–H and O–H groups in total. The molecular weight excluding hydrogens is 286 g/mol. The minimum absolute atomic E-state index is 0.00644. The van der Waals surface area contributed by atoms with Crippen LogP contribution in [0.1, 0.15) is 31.7 Å². The molecule has 2 rings (SSSR count). The number of benzene rings is 1. The third kappa shape index (κ3) is 2.81. The maximum absolute atomic E-state index is 12.3. The van der Waals surface area contributed by atoms with Crippen LogP contribution in [-0.4, -0.2) is 36.6 Å². The Bertz CT molecular complexity index is 551. The lowest BCUT2D eigenvalue weighted by Crippen LogP contribution is -2.57. The summed E-state index contributed by atoms with van der Waals surface area (Å²) < 4.78 is 9.95. The highest BCUT2D eigenvalue weighted by Crippen LogP contribution is 2.35. The van der Waals surface area contributed by atoms with Crippen LogP contribution >= 0.6 is 0 Å². The quantitative estimate of drug-likeness (QED) is 0.652. The number of hydrogen-bond acceptors (Lipinski definition) is 5. The van der Waals surface area contributed by atoms with Crippen molar-refractivity contribution in [1.29, 1.82) is 0 Å². The Morgan fingerprint density at radius 1 is 1.14 bits per heavy atom. The van der Waals surface area contributed by atoms with Crippen LogP contribution in [0.25, 0.3) is 0 Å². The molecule has 1 aliphatic heterocycles.